The van der Waals surface area contributed by atoms with E-state index in [4.69, 9.17) is 23.2 Å². The van der Waals surface area contributed by atoms with Crippen molar-refractivity contribution < 1.29 is 14.4 Å². The van der Waals surface area contributed by atoms with E-state index in [9.17, 15) is 14.4 Å². The molecule has 0 aromatic heterocycles. The van der Waals surface area contributed by atoms with Crippen molar-refractivity contribution in [3.05, 3.63) is 58.1 Å². The molecule has 0 spiro atoms. The fraction of sp³-hybridized carbons (Fsp3) is 0.118. The summed E-state index contributed by atoms with van der Waals surface area (Å²) in [7, 11) is 0. The maximum Gasteiger partial charge on any atom is 0.313 e. The van der Waals surface area contributed by atoms with Gasteiger partial charge in [0.2, 0.25) is 5.91 Å². The molecule has 0 bridgehead atoms. The number of amides is 3. The highest BCUT2D eigenvalue weighted by atomic mass is 35.5. The number of benzene rings is 2. The van der Waals surface area contributed by atoms with Gasteiger partial charge in [-0.05, 0) is 37.3 Å². The van der Waals surface area contributed by atoms with Crippen molar-refractivity contribution in [2.75, 3.05) is 17.2 Å². The second kappa shape index (κ2) is 8.50. The van der Waals surface area contributed by atoms with Crippen LogP contribution in [0.3, 0.4) is 0 Å². The van der Waals surface area contributed by atoms with Crippen LogP contribution in [0, 0.1) is 6.92 Å². The first-order chi connectivity index (χ1) is 11.8. The van der Waals surface area contributed by atoms with Gasteiger partial charge < -0.3 is 16.0 Å². The molecule has 0 saturated carbocycles. The largest absolute Gasteiger partial charge is 0.339 e. The monoisotopic (exact) mass is 379 g/mol. The van der Waals surface area contributed by atoms with E-state index >= 15 is 0 Å². The first kappa shape index (κ1) is 18.8. The summed E-state index contributed by atoms with van der Waals surface area (Å²) >= 11 is 11.6. The summed E-state index contributed by atoms with van der Waals surface area (Å²) in [6.07, 6.45) is 0. The van der Waals surface area contributed by atoms with Gasteiger partial charge in [-0.3, -0.25) is 14.4 Å². The summed E-state index contributed by atoms with van der Waals surface area (Å²) in [4.78, 5) is 35.3. The van der Waals surface area contributed by atoms with Crippen LogP contribution in [-0.4, -0.2) is 24.3 Å². The lowest BCUT2D eigenvalue weighted by molar-refractivity contribution is -0.136. The molecular formula is C17H15Cl2N3O3. The van der Waals surface area contributed by atoms with Crippen LogP contribution in [0.15, 0.2) is 42.5 Å². The minimum atomic E-state index is -0.940. The molecule has 0 unspecified atom stereocenters. The Morgan fingerprint density at radius 3 is 2.12 bits per heavy atom. The molecule has 0 heterocycles. The van der Waals surface area contributed by atoms with Crippen LogP contribution in [-0.2, 0) is 14.4 Å². The molecule has 0 radical (unpaired) electrons. The van der Waals surface area contributed by atoms with Crippen molar-refractivity contribution in [3.63, 3.8) is 0 Å². The molecule has 0 saturated heterocycles. The SMILES string of the molecule is Cc1ccc(NC(=O)CNC(=O)C(=O)Nc2ccc(Cl)c(Cl)c2)cc1. The number of hydrogen-bond donors (Lipinski definition) is 3. The van der Waals surface area contributed by atoms with Gasteiger partial charge in [-0.1, -0.05) is 40.9 Å². The third-order valence-corrected chi connectivity index (χ3v) is 3.87. The standard InChI is InChI=1S/C17H15Cl2N3O3/c1-10-2-4-11(5-3-10)21-15(23)9-20-16(24)17(25)22-12-6-7-13(18)14(19)8-12/h2-8H,9H2,1H3,(H,20,24)(H,21,23)(H,22,25). The third-order valence-electron chi connectivity index (χ3n) is 3.13. The van der Waals surface area contributed by atoms with Gasteiger partial charge in [0.25, 0.3) is 0 Å². The molecule has 25 heavy (non-hydrogen) atoms. The van der Waals surface area contributed by atoms with Gasteiger partial charge in [-0.15, -0.1) is 0 Å². The van der Waals surface area contributed by atoms with Gasteiger partial charge in [-0.2, -0.15) is 0 Å². The molecule has 3 amide bonds. The number of carbonyl (C=O) groups excluding carboxylic acids is 3. The second-order valence-corrected chi connectivity index (χ2v) is 5.99. The molecule has 0 fully saturated rings. The molecule has 0 aliphatic heterocycles. The number of hydrogen-bond acceptors (Lipinski definition) is 3. The highest BCUT2D eigenvalue weighted by Gasteiger charge is 2.15. The number of carbonyl (C=O) groups is 3. The number of nitrogens with one attached hydrogen (secondary N) is 3. The van der Waals surface area contributed by atoms with E-state index < -0.39 is 17.7 Å². The Morgan fingerprint density at radius 1 is 0.840 bits per heavy atom. The van der Waals surface area contributed by atoms with Gasteiger partial charge in [0.1, 0.15) is 0 Å². The lowest BCUT2D eigenvalue weighted by atomic mass is 10.2. The minimum absolute atomic E-state index is 0.248. The average Bonchev–Trinajstić information content (AvgIpc) is 2.58. The number of halogens is 2. The van der Waals surface area contributed by atoms with Crippen molar-refractivity contribution in [1.29, 1.82) is 0 Å². The zero-order valence-electron chi connectivity index (χ0n) is 13.2. The number of aryl methyl sites for hydroxylation is 1. The molecule has 2 rings (SSSR count). The molecule has 0 atom stereocenters. The van der Waals surface area contributed by atoms with Crippen LogP contribution in [0.2, 0.25) is 10.0 Å². The first-order valence-electron chi connectivity index (χ1n) is 7.26. The lowest BCUT2D eigenvalue weighted by Crippen LogP contribution is -2.39. The summed E-state index contributed by atoms with van der Waals surface area (Å²) in [6.45, 7) is 1.60. The van der Waals surface area contributed by atoms with Gasteiger partial charge in [0.15, 0.2) is 0 Å². The quantitative estimate of drug-likeness (QED) is 0.713. The van der Waals surface area contributed by atoms with E-state index in [2.05, 4.69) is 16.0 Å². The van der Waals surface area contributed by atoms with E-state index in [0.717, 1.165) is 5.56 Å². The van der Waals surface area contributed by atoms with Crippen LogP contribution >= 0.6 is 23.2 Å². The topological polar surface area (TPSA) is 87.3 Å². The van der Waals surface area contributed by atoms with E-state index in [1.165, 1.54) is 18.2 Å². The first-order valence-corrected chi connectivity index (χ1v) is 8.01. The summed E-state index contributed by atoms with van der Waals surface area (Å²) in [6, 6.07) is 11.6. The van der Waals surface area contributed by atoms with Gasteiger partial charge in [0.05, 0.1) is 16.6 Å². The van der Waals surface area contributed by atoms with Crippen molar-refractivity contribution in [1.82, 2.24) is 5.32 Å². The van der Waals surface area contributed by atoms with Crippen molar-refractivity contribution in [3.8, 4) is 0 Å². The fourth-order valence-corrected chi connectivity index (χ4v) is 2.14. The van der Waals surface area contributed by atoms with Crippen LogP contribution in [0.5, 0.6) is 0 Å². The molecule has 0 aliphatic carbocycles. The summed E-state index contributed by atoms with van der Waals surface area (Å²) in [5.41, 5.74) is 1.98. The summed E-state index contributed by atoms with van der Waals surface area (Å²) < 4.78 is 0. The predicted octanol–water partition coefficient (Wildman–Crippen LogP) is 3.00. The molecule has 6 nitrogen and oxygen atoms in total. The summed E-state index contributed by atoms with van der Waals surface area (Å²) in [5, 5.41) is 7.79. The fourth-order valence-electron chi connectivity index (χ4n) is 1.84. The van der Waals surface area contributed by atoms with E-state index in [1.54, 1.807) is 12.1 Å². The normalized spacial score (nSPS) is 10.0. The zero-order valence-corrected chi connectivity index (χ0v) is 14.7. The second-order valence-electron chi connectivity index (χ2n) is 5.18. The zero-order chi connectivity index (χ0) is 18.4. The molecule has 8 heteroatoms. The molecule has 3 N–H and O–H groups in total. The maximum absolute atomic E-state index is 11.8. The van der Waals surface area contributed by atoms with Crippen molar-refractivity contribution in [2.24, 2.45) is 0 Å². The van der Waals surface area contributed by atoms with Crippen LogP contribution in [0.4, 0.5) is 11.4 Å². The number of anilines is 2. The number of rotatable bonds is 4. The molecular weight excluding hydrogens is 365 g/mol. The molecule has 2 aromatic carbocycles. The van der Waals surface area contributed by atoms with E-state index in [-0.39, 0.29) is 11.6 Å². The van der Waals surface area contributed by atoms with Crippen LogP contribution < -0.4 is 16.0 Å². The van der Waals surface area contributed by atoms with Gasteiger partial charge >= 0.3 is 11.8 Å². The van der Waals surface area contributed by atoms with Crippen molar-refractivity contribution in [2.45, 2.75) is 6.92 Å². The maximum atomic E-state index is 11.8. The highest BCUT2D eigenvalue weighted by Crippen LogP contribution is 2.24. The Bertz CT molecular complexity index is 807. The van der Waals surface area contributed by atoms with Crippen molar-refractivity contribution >= 4 is 52.3 Å². The predicted molar refractivity (Wildman–Crippen MR) is 97.9 cm³/mol. The van der Waals surface area contributed by atoms with Gasteiger partial charge in [0, 0.05) is 11.4 Å². The van der Waals surface area contributed by atoms with E-state index in [0.29, 0.717) is 16.4 Å². The molecule has 130 valence electrons. The summed E-state index contributed by atoms with van der Waals surface area (Å²) in [5.74, 6) is -2.30. The Hall–Kier alpha value is -2.57. The lowest BCUT2D eigenvalue weighted by Gasteiger charge is -2.08. The molecule has 2 aromatic rings. The van der Waals surface area contributed by atoms with Gasteiger partial charge in [-0.25, -0.2) is 0 Å². The Balaban J connectivity index is 1.82. The Morgan fingerprint density at radius 2 is 1.48 bits per heavy atom. The van der Waals surface area contributed by atoms with E-state index in [1.807, 2.05) is 19.1 Å². The molecule has 0 aliphatic rings. The third kappa shape index (κ3) is 5.77. The van der Waals surface area contributed by atoms with Crippen LogP contribution in [0.25, 0.3) is 0 Å². The average molecular weight is 380 g/mol. The Labute approximate surface area is 154 Å². The smallest absolute Gasteiger partial charge is 0.313 e. The Kier molecular flexibility index (Phi) is 6.38. The minimum Gasteiger partial charge on any atom is -0.339 e. The van der Waals surface area contributed by atoms with Crippen LogP contribution in [0.1, 0.15) is 5.56 Å². The highest BCUT2D eigenvalue weighted by molar-refractivity contribution is 6.43.